The van der Waals surface area contributed by atoms with Gasteiger partial charge in [0, 0.05) is 29.6 Å². The summed E-state index contributed by atoms with van der Waals surface area (Å²) in [4.78, 5) is 16.6. The molecule has 0 fully saturated rings. The molecule has 122 valence electrons. The summed E-state index contributed by atoms with van der Waals surface area (Å²) in [6, 6.07) is 15.7. The fourth-order valence-electron chi connectivity index (χ4n) is 2.60. The fourth-order valence-corrected chi connectivity index (χ4v) is 2.60. The molecular formula is C19H20N4O. The molecule has 1 amide bonds. The zero-order valence-corrected chi connectivity index (χ0v) is 13.6. The van der Waals surface area contributed by atoms with Crippen LogP contribution in [0.1, 0.15) is 28.2 Å². The molecule has 0 bridgehead atoms. The number of amides is 1. The van der Waals surface area contributed by atoms with Crippen LogP contribution in [0, 0.1) is 6.92 Å². The molecule has 0 aliphatic rings. The summed E-state index contributed by atoms with van der Waals surface area (Å²) in [5.41, 5.74) is 4.24. The number of nitrogens with one attached hydrogen (secondary N) is 2. The van der Waals surface area contributed by atoms with Crippen LogP contribution in [0.15, 0.2) is 54.7 Å². The van der Waals surface area contributed by atoms with Gasteiger partial charge in [0.25, 0.3) is 5.91 Å². The summed E-state index contributed by atoms with van der Waals surface area (Å²) in [5.74, 6) is -0.122. The lowest BCUT2D eigenvalue weighted by Crippen LogP contribution is -2.25. The van der Waals surface area contributed by atoms with E-state index in [4.69, 9.17) is 0 Å². The number of aromatic amines is 1. The zero-order chi connectivity index (χ0) is 16.8. The molecule has 3 aromatic rings. The number of rotatable bonds is 6. The van der Waals surface area contributed by atoms with Crippen LogP contribution >= 0.6 is 0 Å². The van der Waals surface area contributed by atoms with Crippen LogP contribution in [0.5, 0.6) is 0 Å². The molecule has 2 N–H and O–H groups in total. The molecule has 0 saturated carbocycles. The quantitative estimate of drug-likeness (QED) is 0.685. The van der Waals surface area contributed by atoms with E-state index in [0.717, 1.165) is 35.4 Å². The Bertz CT molecular complexity index is 797. The average Bonchev–Trinajstić information content (AvgIpc) is 3.02. The van der Waals surface area contributed by atoms with Crippen LogP contribution in [-0.2, 0) is 6.42 Å². The second-order valence-electron chi connectivity index (χ2n) is 5.62. The van der Waals surface area contributed by atoms with Crippen molar-refractivity contribution < 1.29 is 4.79 Å². The van der Waals surface area contributed by atoms with Gasteiger partial charge in [-0.3, -0.25) is 14.9 Å². The summed E-state index contributed by atoms with van der Waals surface area (Å²) in [7, 11) is 0. The van der Waals surface area contributed by atoms with Gasteiger partial charge >= 0.3 is 0 Å². The summed E-state index contributed by atoms with van der Waals surface area (Å²) in [6.07, 6.45) is 3.48. The van der Waals surface area contributed by atoms with Gasteiger partial charge in [0.2, 0.25) is 0 Å². The maximum atomic E-state index is 12.3. The van der Waals surface area contributed by atoms with E-state index in [9.17, 15) is 4.79 Å². The van der Waals surface area contributed by atoms with Crippen molar-refractivity contribution in [3.63, 3.8) is 0 Å². The Morgan fingerprint density at radius 2 is 1.92 bits per heavy atom. The van der Waals surface area contributed by atoms with Crippen molar-refractivity contribution in [2.24, 2.45) is 0 Å². The number of hydrogen-bond acceptors (Lipinski definition) is 3. The highest BCUT2D eigenvalue weighted by molar-refractivity contribution is 5.95. The van der Waals surface area contributed by atoms with Gasteiger partial charge in [0.15, 0.2) is 0 Å². The zero-order valence-electron chi connectivity index (χ0n) is 13.6. The van der Waals surface area contributed by atoms with Gasteiger partial charge in [0.1, 0.15) is 5.69 Å². The molecule has 1 aromatic carbocycles. The van der Waals surface area contributed by atoms with Crippen molar-refractivity contribution in [3.05, 3.63) is 71.7 Å². The van der Waals surface area contributed by atoms with Crippen LogP contribution in [0.3, 0.4) is 0 Å². The molecule has 0 aliphatic heterocycles. The van der Waals surface area contributed by atoms with E-state index in [-0.39, 0.29) is 5.91 Å². The van der Waals surface area contributed by atoms with Crippen molar-refractivity contribution >= 4 is 5.91 Å². The molecule has 2 heterocycles. The minimum absolute atomic E-state index is 0.122. The Labute approximate surface area is 141 Å². The van der Waals surface area contributed by atoms with Crippen molar-refractivity contribution in [1.29, 1.82) is 0 Å². The third-order valence-electron chi connectivity index (χ3n) is 3.91. The van der Waals surface area contributed by atoms with Crippen molar-refractivity contribution in [1.82, 2.24) is 20.5 Å². The molecule has 0 unspecified atom stereocenters. The fraction of sp³-hybridized carbons (Fsp3) is 0.211. The lowest BCUT2D eigenvalue weighted by atomic mass is 10.1. The number of benzene rings is 1. The van der Waals surface area contributed by atoms with E-state index in [1.807, 2.05) is 55.5 Å². The molecular weight excluding hydrogens is 300 g/mol. The van der Waals surface area contributed by atoms with Crippen molar-refractivity contribution in [3.8, 4) is 11.3 Å². The highest BCUT2D eigenvalue weighted by atomic mass is 16.1. The van der Waals surface area contributed by atoms with Crippen LogP contribution < -0.4 is 5.32 Å². The number of carbonyl (C=O) groups is 1. The maximum absolute atomic E-state index is 12.3. The Hall–Kier alpha value is -2.95. The first kappa shape index (κ1) is 15.9. The Balaban J connectivity index is 1.57. The first-order valence-electron chi connectivity index (χ1n) is 8.04. The average molecular weight is 320 g/mol. The number of aromatic nitrogens is 3. The molecule has 0 radical (unpaired) electrons. The predicted octanol–water partition coefficient (Wildman–Crippen LogP) is 3.14. The van der Waals surface area contributed by atoms with E-state index in [2.05, 4.69) is 20.5 Å². The third-order valence-corrected chi connectivity index (χ3v) is 3.91. The van der Waals surface area contributed by atoms with Crippen molar-refractivity contribution in [2.45, 2.75) is 19.8 Å². The highest BCUT2D eigenvalue weighted by Crippen LogP contribution is 2.22. The molecule has 2 aromatic heterocycles. The number of H-pyrrole nitrogens is 1. The number of aryl methyl sites for hydroxylation is 1. The van der Waals surface area contributed by atoms with Gasteiger partial charge in [-0.25, -0.2) is 0 Å². The number of carbonyl (C=O) groups excluding carboxylic acids is 1. The molecule has 0 atom stereocenters. The number of pyridine rings is 1. The standard InChI is InChI=1S/C19H20N4O/c1-14-17(15-8-3-2-4-9-15)22-23-18(14)19(24)21-13-7-11-16-10-5-6-12-20-16/h2-6,8-10,12H,7,11,13H2,1H3,(H,21,24)(H,22,23). The van der Waals surface area contributed by atoms with Gasteiger partial charge in [-0.2, -0.15) is 5.10 Å². The van der Waals surface area contributed by atoms with Crippen LogP contribution in [0.4, 0.5) is 0 Å². The number of hydrogen-bond donors (Lipinski definition) is 2. The molecule has 0 spiro atoms. The third kappa shape index (κ3) is 3.68. The summed E-state index contributed by atoms with van der Waals surface area (Å²) in [6.45, 7) is 2.52. The van der Waals surface area contributed by atoms with Crippen molar-refractivity contribution in [2.75, 3.05) is 6.54 Å². The van der Waals surface area contributed by atoms with Crippen LogP contribution in [0.2, 0.25) is 0 Å². The topological polar surface area (TPSA) is 70.7 Å². The largest absolute Gasteiger partial charge is 0.351 e. The van der Waals surface area contributed by atoms with E-state index in [0.29, 0.717) is 12.2 Å². The minimum atomic E-state index is -0.122. The van der Waals surface area contributed by atoms with Gasteiger partial charge in [-0.1, -0.05) is 36.4 Å². The van der Waals surface area contributed by atoms with E-state index in [1.165, 1.54) is 0 Å². The molecule has 0 saturated heterocycles. The first-order chi connectivity index (χ1) is 11.8. The van der Waals surface area contributed by atoms with Crippen LogP contribution in [-0.4, -0.2) is 27.6 Å². The van der Waals surface area contributed by atoms with E-state index in [1.54, 1.807) is 6.20 Å². The highest BCUT2D eigenvalue weighted by Gasteiger charge is 2.16. The van der Waals surface area contributed by atoms with Gasteiger partial charge in [-0.05, 0) is 31.9 Å². The Kier molecular flexibility index (Phi) is 5.01. The second-order valence-corrected chi connectivity index (χ2v) is 5.62. The monoisotopic (exact) mass is 320 g/mol. The predicted molar refractivity (Wildman–Crippen MR) is 93.7 cm³/mol. The first-order valence-corrected chi connectivity index (χ1v) is 8.04. The molecule has 5 heteroatoms. The second kappa shape index (κ2) is 7.55. The lowest BCUT2D eigenvalue weighted by Gasteiger charge is -2.05. The van der Waals surface area contributed by atoms with E-state index >= 15 is 0 Å². The van der Waals surface area contributed by atoms with Gasteiger partial charge in [0.05, 0.1) is 5.69 Å². The smallest absolute Gasteiger partial charge is 0.269 e. The minimum Gasteiger partial charge on any atom is -0.351 e. The van der Waals surface area contributed by atoms with Gasteiger partial charge < -0.3 is 5.32 Å². The molecule has 5 nitrogen and oxygen atoms in total. The van der Waals surface area contributed by atoms with E-state index < -0.39 is 0 Å². The molecule has 24 heavy (non-hydrogen) atoms. The Morgan fingerprint density at radius 3 is 2.67 bits per heavy atom. The summed E-state index contributed by atoms with van der Waals surface area (Å²) in [5, 5.41) is 10.1. The molecule has 3 rings (SSSR count). The van der Waals surface area contributed by atoms with Crippen LogP contribution in [0.25, 0.3) is 11.3 Å². The summed E-state index contributed by atoms with van der Waals surface area (Å²) < 4.78 is 0. The SMILES string of the molecule is Cc1c(-c2ccccc2)n[nH]c1C(=O)NCCCc1ccccn1. The summed E-state index contributed by atoms with van der Waals surface area (Å²) >= 11 is 0. The van der Waals surface area contributed by atoms with Gasteiger partial charge in [-0.15, -0.1) is 0 Å². The molecule has 0 aliphatic carbocycles. The lowest BCUT2D eigenvalue weighted by molar-refractivity contribution is 0.0947. The normalized spacial score (nSPS) is 10.5. The maximum Gasteiger partial charge on any atom is 0.269 e. The Morgan fingerprint density at radius 1 is 1.12 bits per heavy atom. The number of nitrogens with zero attached hydrogens (tertiary/aromatic N) is 2.